The minimum atomic E-state index is 0.0164. The number of fused-ring (bicyclic) bond motifs is 10. The van der Waals surface area contributed by atoms with Crippen LogP contribution in [-0.4, -0.2) is 27.9 Å². The molecule has 3 aromatic carbocycles. The quantitative estimate of drug-likeness (QED) is 0.226. The lowest BCUT2D eigenvalue weighted by Gasteiger charge is -2.19. The zero-order valence-electron chi connectivity index (χ0n) is 23.2. The summed E-state index contributed by atoms with van der Waals surface area (Å²) < 4.78 is 9.18. The van der Waals surface area contributed by atoms with Gasteiger partial charge in [-0.05, 0) is 47.1 Å². The van der Waals surface area contributed by atoms with Crippen molar-refractivity contribution in [1.82, 2.24) is 27.9 Å². The van der Waals surface area contributed by atoms with Crippen molar-refractivity contribution >= 4 is 55.7 Å². The second-order valence-corrected chi connectivity index (χ2v) is 12.7. The number of imidazole rings is 4. The van der Waals surface area contributed by atoms with Crippen molar-refractivity contribution in [1.29, 1.82) is 0 Å². The van der Waals surface area contributed by atoms with Crippen LogP contribution in [0.15, 0.2) is 42.5 Å². The molecule has 0 bridgehead atoms. The van der Waals surface area contributed by atoms with Crippen molar-refractivity contribution in [3.8, 4) is 0 Å². The molecule has 0 aliphatic heterocycles. The van der Waals surface area contributed by atoms with Crippen LogP contribution in [0.4, 0.5) is 0 Å². The van der Waals surface area contributed by atoms with Gasteiger partial charge in [-0.3, -0.25) is 8.80 Å². The monoisotopic (exact) mass is 490 g/mol. The van der Waals surface area contributed by atoms with E-state index in [0.29, 0.717) is 0 Å². The molecule has 0 aliphatic carbocycles. The molecule has 0 saturated carbocycles. The highest BCUT2D eigenvalue weighted by Gasteiger charge is 2.26. The van der Waals surface area contributed by atoms with Crippen molar-refractivity contribution in [2.75, 3.05) is 0 Å². The molecule has 0 fully saturated rings. The van der Waals surface area contributed by atoms with Crippen LogP contribution in [-0.2, 0) is 24.9 Å². The molecule has 0 spiro atoms. The van der Waals surface area contributed by atoms with Crippen molar-refractivity contribution < 1.29 is 0 Å². The third-order valence-electron chi connectivity index (χ3n) is 8.17. The number of aryl methyl sites for hydroxylation is 3. The predicted octanol–water partition coefficient (Wildman–Crippen LogP) is 7.18. The Morgan fingerprint density at radius 3 is 1.38 bits per heavy atom. The number of nitrogens with zero attached hydrogens (tertiary/aromatic N) is 6. The van der Waals surface area contributed by atoms with Gasteiger partial charge in [-0.1, -0.05) is 65.8 Å². The molecule has 0 amide bonds. The highest BCUT2D eigenvalue weighted by molar-refractivity contribution is 6.04. The SMILES string of the molecule is Cc1c2c(cc3c1n(C)c1nc4c(C(C)(C)C)cccc4n31)n1c3cccc(C(C)(C)C)c3nc1n2C. The Kier molecular flexibility index (Phi) is 4.08. The maximum atomic E-state index is 5.20. The van der Waals surface area contributed by atoms with Gasteiger partial charge in [0.25, 0.3) is 0 Å². The summed E-state index contributed by atoms with van der Waals surface area (Å²) in [6.07, 6.45) is 0. The van der Waals surface area contributed by atoms with Crippen LogP contribution >= 0.6 is 0 Å². The van der Waals surface area contributed by atoms with Crippen LogP contribution in [0.25, 0.3) is 55.7 Å². The van der Waals surface area contributed by atoms with E-state index >= 15 is 0 Å². The fourth-order valence-electron chi connectivity index (χ4n) is 6.46. The fraction of sp³-hybridized carbons (Fsp3) is 0.355. The van der Waals surface area contributed by atoms with E-state index in [2.05, 4.69) is 123 Å². The van der Waals surface area contributed by atoms with Gasteiger partial charge >= 0.3 is 0 Å². The molecular weight excluding hydrogens is 456 g/mol. The molecule has 188 valence electrons. The number of hydrogen-bond acceptors (Lipinski definition) is 2. The summed E-state index contributed by atoms with van der Waals surface area (Å²) in [4.78, 5) is 10.4. The van der Waals surface area contributed by atoms with Crippen LogP contribution in [0.1, 0.15) is 58.2 Å². The first-order valence-corrected chi connectivity index (χ1v) is 13.1. The Morgan fingerprint density at radius 1 is 0.595 bits per heavy atom. The molecule has 0 atom stereocenters. The van der Waals surface area contributed by atoms with Gasteiger partial charge in [0.15, 0.2) is 0 Å². The summed E-state index contributed by atoms with van der Waals surface area (Å²) in [5.41, 5.74) is 13.1. The minimum Gasteiger partial charge on any atom is -0.312 e. The van der Waals surface area contributed by atoms with Gasteiger partial charge in [-0.15, -0.1) is 0 Å². The standard InChI is InChI=1S/C31H34N6/c1-17-26-22(36-20-14-10-12-18(30(2,3)4)24(20)32-28(36)34(26)8)16-23-27(17)35(9)29-33-25-19(31(5,6)7)13-11-15-21(25)37(23)29/h10-16H,1-9H3. The summed E-state index contributed by atoms with van der Waals surface area (Å²) in [6, 6.07) is 15.5. The van der Waals surface area contributed by atoms with Crippen molar-refractivity contribution in [2.45, 2.75) is 59.3 Å². The van der Waals surface area contributed by atoms with Crippen LogP contribution in [0, 0.1) is 6.92 Å². The van der Waals surface area contributed by atoms with Crippen LogP contribution in [0.2, 0.25) is 0 Å². The molecule has 4 aromatic heterocycles. The lowest BCUT2D eigenvalue weighted by molar-refractivity contribution is 0.594. The lowest BCUT2D eigenvalue weighted by atomic mass is 9.86. The molecular formula is C31H34N6. The average Bonchev–Trinajstić information content (AvgIpc) is 3.52. The normalized spacial score (nSPS) is 13.5. The summed E-state index contributed by atoms with van der Waals surface area (Å²) in [5.74, 6) is 1.95. The Morgan fingerprint density at radius 2 is 1.00 bits per heavy atom. The van der Waals surface area contributed by atoms with Gasteiger partial charge in [-0.2, -0.15) is 0 Å². The third-order valence-corrected chi connectivity index (χ3v) is 8.17. The highest BCUT2D eigenvalue weighted by Crippen LogP contribution is 2.38. The highest BCUT2D eigenvalue weighted by atomic mass is 15.2. The Labute approximate surface area is 216 Å². The van der Waals surface area contributed by atoms with Gasteiger partial charge < -0.3 is 9.13 Å². The van der Waals surface area contributed by atoms with E-state index in [1.807, 2.05) is 0 Å². The molecule has 0 aliphatic rings. The minimum absolute atomic E-state index is 0.0164. The van der Waals surface area contributed by atoms with Gasteiger partial charge in [-0.25, -0.2) is 9.97 Å². The van der Waals surface area contributed by atoms with Gasteiger partial charge in [0, 0.05) is 19.7 Å². The summed E-state index contributed by atoms with van der Waals surface area (Å²) in [5, 5.41) is 0. The molecule has 6 nitrogen and oxygen atoms in total. The Bertz CT molecular complexity index is 1930. The van der Waals surface area contributed by atoms with E-state index in [0.717, 1.165) is 33.6 Å². The zero-order valence-corrected chi connectivity index (χ0v) is 23.2. The smallest absolute Gasteiger partial charge is 0.215 e. The molecule has 7 aromatic rings. The Balaban J connectivity index is 1.69. The topological polar surface area (TPSA) is 44.5 Å². The maximum Gasteiger partial charge on any atom is 0.215 e. The van der Waals surface area contributed by atoms with Crippen LogP contribution in [0.5, 0.6) is 0 Å². The van der Waals surface area contributed by atoms with Gasteiger partial charge in [0.1, 0.15) is 0 Å². The summed E-state index contributed by atoms with van der Waals surface area (Å²) in [7, 11) is 4.27. The lowest BCUT2D eigenvalue weighted by Crippen LogP contribution is -2.11. The van der Waals surface area contributed by atoms with Gasteiger partial charge in [0.05, 0.1) is 44.1 Å². The van der Waals surface area contributed by atoms with Crippen LogP contribution < -0.4 is 0 Å². The van der Waals surface area contributed by atoms with E-state index < -0.39 is 0 Å². The van der Waals surface area contributed by atoms with E-state index in [1.165, 1.54) is 38.8 Å². The maximum absolute atomic E-state index is 5.20. The largest absolute Gasteiger partial charge is 0.312 e. The molecule has 0 unspecified atom stereocenters. The van der Waals surface area contributed by atoms with Gasteiger partial charge in [0.2, 0.25) is 11.6 Å². The van der Waals surface area contributed by atoms with Crippen molar-refractivity contribution in [2.24, 2.45) is 14.1 Å². The average molecular weight is 491 g/mol. The third kappa shape index (κ3) is 2.70. The number of aromatic nitrogens is 6. The fourth-order valence-corrected chi connectivity index (χ4v) is 6.46. The predicted molar refractivity (Wildman–Crippen MR) is 154 cm³/mol. The Hall–Kier alpha value is -3.80. The first-order chi connectivity index (χ1) is 17.4. The van der Waals surface area contributed by atoms with E-state index in [1.54, 1.807) is 0 Å². The van der Waals surface area contributed by atoms with E-state index in [4.69, 9.17) is 9.97 Å². The number of hydrogen-bond donors (Lipinski definition) is 0. The number of benzene rings is 3. The molecule has 37 heavy (non-hydrogen) atoms. The number of rotatable bonds is 0. The van der Waals surface area contributed by atoms with Crippen molar-refractivity contribution in [3.63, 3.8) is 0 Å². The summed E-state index contributed by atoms with van der Waals surface area (Å²) >= 11 is 0. The number of para-hydroxylation sites is 2. The zero-order chi connectivity index (χ0) is 26.2. The molecule has 7 rings (SSSR count). The first kappa shape index (κ1) is 22.4. The molecule has 4 heterocycles. The molecule has 0 radical (unpaired) electrons. The summed E-state index contributed by atoms with van der Waals surface area (Å²) in [6.45, 7) is 15.8. The second kappa shape index (κ2) is 6.74. The van der Waals surface area contributed by atoms with E-state index in [-0.39, 0.29) is 10.8 Å². The first-order valence-electron chi connectivity index (χ1n) is 13.1. The second-order valence-electron chi connectivity index (χ2n) is 12.7. The van der Waals surface area contributed by atoms with Crippen LogP contribution in [0.3, 0.4) is 0 Å². The molecule has 0 saturated heterocycles. The molecule has 0 N–H and O–H groups in total. The van der Waals surface area contributed by atoms with Crippen molar-refractivity contribution in [3.05, 3.63) is 59.2 Å². The molecule has 6 heteroatoms. The van der Waals surface area contributed by atoms with E-state index in [9.17, 15) is 0 Å².